The first-order chi connectivity index (χ1) is 18.6. The molecular weight excluding hydrogens is 558 g/mol. The Balaban J connectivity index is 1.67. The van der Waals surface area contributed by atoms with Crippen LogP contribution in [-0.4, -0.2) is 15.7 Å². The van der Waals surface area contributed by atoms with Gasteiger partial charge in [0.25, 0.3) is 0 Å². The zero-order valence-corrected chi connectivity index (χ0v) is 22.2. The smallest absolute Gasteiger partial charge is 0.245 e. The molecule has 0 saturated heterocycles. The van der Waals surface area contributed by atoms with E-state index in [9.17, 15) is 10.1 Å². The number of hydrogen-bond acceptors (Lipinski definition) is 5. The van der Waals surface area contributed by atoms with Crippen LogP contribution in [0.2, 0.25) is 0 Å². The number of amides is 1. The van der Waals surface area contributed by atoms with Crippen molar-refractivity contribution in [3.05, 3.63) is 122 Å². The van der Waals surface area contributed by atoms with Crippen molar-refractivity contribution in [2.24, 2.45) is 0 Å². The Hall–Kier alpha value is -4.45. The van der Waals surface area contributed by atoms with Gasteiger partial charge in [0.15, 0.2) is 0 Å². The lowest BCUT2D eigenvalue weighted by molar-refractivity contribution is -0.118. The van der Waals surface area contributed by atoms with E-state index < -0.39 is 5.41 Å². The van der Waals surface area contributed by atoms with Crippen molar-refractivity contribution in [3.8, 4) is 23.0 Å². The third-order valence-corrected chi connectivity index (χ3v) is 8.41. The highest BCUT2D eigenvalue weighted by atomic mass is 79.9. The number of anilines is 2. The second-order valence-electron chi connectivity index (χ2n) is 9.04. The zero-order valence-electron chi connectivity index (χ0n) is 19.8. The van der Waals surface area contributed by atoms with E-state index in [1.54, 1.807) is 0 Å². The Kier molecular flexibility index (Phi) is 5.11. The summed E-state index contributed by atoms with van der Waals surface area (Å²) < 4.78 is 2.66. The van der Waals surface area contributed by atoms with Crippen LogP contribution in [0.15, 0.2) is 106 Å². The Morgan fingerprint density at radius 2 is 1.71 bits per heavy atom. The summed E-state index contributed by atoms with van der Waals surface area (Å²) in [5.74, 6) is 0.379. The van der Waals surface area contributed by atoms with Gasteiger partial charge in [0.1, 0.15) is 11.2 Å². The molecule has 0 aliphatic carbocycles. The normalized spacial score (nSPS) is 17.5. The number of fused-ring (bicyclic) bond motifs is 4. The van der Waals surface area contributed by atoms with Crippen LogP contribution >= 0.6 is 27.3 Å². The summed E-state index contributed by atoms with van der Waals surface area (Å²) in [4.78, 5) is 15.2. The van der Waals surface area contributed by atoms with Gasteiger partial charge >= 0.3 is 0 Å². The minimum atomic E-state index is -1.41. The highest BCUT2D eigenvalue weighted by Crippen LogP contribution is 2.57. The van der Waals surface area contributed by atoms with Gasteiger partial charge in [-0.15, -0.1) is 11.3 Å². The highest BCUT2D eigenvalue weighted by molar-refractivity contribution is 9.10. The second kappa shape index (κ2) is 8.55. The van der Waals surface area contributed by atoms with E-state index in [0.717, 1.165) is 26.2 Å². The lowest BCUT2D eigenvalue weighted by atomic mass is 9.67. The minimum absolute atomic E-state index is 0.274. The number of nitriles is 1. The maximum atomic E-state index is 14.3. The first kappa shape index (κ1) is 22.7. The van der Waals surface area contributed by atoms with Gasteiger partial charge in [-0.25, -0.2) is 4.68 Å². The van der Waals surface area contributed by atoms with Gasteiger partial charge in [-0.05, 0) is 41.8 Å². The fourth-order valence-electron chi connectivity index (χ4n) is 5.45. The van der Waals surface area contributed by atoms with Crippen LogP contribution in [-0.2, 0) is 10.2 Å². The van der Waals surface area contributed by atoms with Crippen molar-refractivity contribution < 1.29 is 4.79 Å². The Morgan fingerprint density at radius 1 is 0.947 bits per heavy atom. The topological polar surface area (TPSA) is 82.7 Å². The number of halogens is 1. The number of benzene rings is 3. The van der Waals surface area contributed by atoms with E-state index in [1.807, 2.05) is 101 Å². The molecule has 1 amide bonds. The van der Waals surface area contributed by atoms with Crippen molar-refractivity contribution in [3.63, 3.8) is 0 Å². The van der Waals surface area contributed by atoms with Crippen LogP contribution in [0.1, 0.15) is 16.0 Å². The summed E-state index contributed by atoms with van der Waals surface area (Å²) in [7, 11) is 0. The molecule has 38 heavy (non-hydrogen) atoms. The molecule has 1 unspecified atom stereocenters. The van der Waals surface area contributed by atoms with Crippen LogP contribution in [0, 0.1) is 11.3 Å². The summed E-state index contributed by atoms with van der Waals surface area (Å²) in [6.07, 6.45) is 0. The molecule has 182 valence electrons. The fraction of sp³-hybridized carbons (Fsp3) is 0.0333. The lowest BCUT2D eigenvalue weighted by Crippen LogP contribution is -2.41. The first-order valence-corrected chi connectivity index (χ1v) is 13.6. The van der Waals surface area contributed by atoms with Crippen molar-refractivity contribution in [1.82, 2.24) is 9.78 Å². The van der Waals surface area contributed by atoms with Crippen LogP contribution in [0.3, 0.4) is 0 Å². The van der Waals surface area contributed by atoms with Gasteiger partial charge in [0, 0.05) is 26.9 Å². The van der Waals surface area contributed by atoms with Crippen molar-refractivity contribution in [2.75, 3.05) is 10.6 Å². The third kappa shape index (κ3) is 3.09. The predicted octanol–water partition coefficient (Wildman–Crippen LogP) is 6.96. The Morgan fingerprint density at radius 3 is 2.42 bits per heavy atom. The van der Waals surface area contributed by atoms with E-state index in [-0.39, 0.29) is 5.91 Å². The molecule has 4 heterocycles. The van der Waals surface area contributed by atoms with Gasteiger partial charge in [0.05, 0.1) is 33.6 Å². The number of aromatic nitrogens is 2. The van der Waals surface area contributed by atoms with Gasteiger partial charge in [-0.2, -0.15) is 10.4 Å². The monoisotopic (exact) mass is 575 g/mol. The van der Waals surface area contributed by atoms with E-state index in [0.29, 0.717) is 34.0 Å². The van der Waals surface area contributed by atoms with E-state index in [4.69, 9.17) is 5.10 Å². The summed E-state index contributed by atoms with van der Waals surface area (Å²) in [5, 5.41) is 24.4. The molecule has 5 aromatic rings. The van der Waals surface area contributed by atoms with Crippen molar-refractivity contribution in [2.45, 2.75) is 5.41 Å². The molecule has 0 saturated carbocycles. The molecule has 2 N–H and O–H groups in total. The number of carbonyl (C=O) groups excluding carboxylic acids is 1. The molecule has 1 spiro atoms. The predicted molar refractivity (Wildman–Crippen MR) is 153 cm³/mol. The Labute approximate surface area is 231 Å². The van der Waals surface area contributed by atoms with E-state index >= 15 is 0 Å². The summed E-state index contributed by atoms with van der Waals surface area (Å²) in [6, 6.07) is 31.6. The number of hydrogen-bond donors (Lipinski definition) is 2. The Bertz CT molecular complexity index is 1800. The maximum Gasteiger partial charge on any atom is 0.245 e. The second-order valence-corrected chi connectivity index (χ2v) is 10.9. The average Bonchev–Trinajstić information content (AvgIpc) is 3.68. The number of nitrogens with one attached hydrogen (secondary N) is 2. The number of thiophene rings is 1. The number of carbonyl (C=O) groups is 1. The molecule has 7 rings (SSSR count). The molecule has 0 fully saturated rings. The van der Waals surface area contributed by atoms with Gasteiger partial charge in [-0.3, -0.25) is 4.79 Å². The quantitative estimate of drug-likeness (QED) is 0.243. The minimum Gasteiger partial charge on any atom is -0.338 e. The van der Waals surface area contributed by atoms with Crippen LogP contribution in [0.5, 0.6) is 0 Å². The number of nitrogens with zero attached hydrogens (tertiary/aromatic N) is 3. The molecule has 1 atom stereocenters. The molecule has 3 aromatic carbocycles. The zero-order chi connectivity index (χ0) is 25.9. The van der Waals surface area contributed by atoms with Crippen LogP contribution < -0.4 is 10.6 Å². The van der Waals surface area contributed by atoms with Gasteiger partial charge in [0.2, 0.25) is 5.91 Å². The molecule has 6 nitrogen and oxygen atoms in total. The lowest BCUT2D eigenvalue weighted by Gasteiger charge is -2.34. The van der Waals surface area contributed by atoms with E-state index in [2.05, 4.69) is 32.6 Å². The molecule has 2 aliphatic rings. The molecule has 2 aromatic heterocycles. The van der Waals surface area contributed by atoms with Gasteiger partial charge in [-0.1, -0.05) is 70.5 Å². The standard InChI is InChI=1S/C30H18BrN5OS/c31-19-13-14-23-21(16-19)30(29(37)33-23)22(17-32)27(24-12-7-15-38-24)34-28-25(30)26(18-8-3-1-4-9-18)35-36(28)20-10-5-2-6-11-20/h1-16,34H,(H,33,37). The molecular formula is C30H18BrN5OS. The summed E-state index contributed by atoms with van der Waals surface area (Å²) in [6.45, 7) is 0. The SMILES string of the molecule is N#CC1=C(c2cccs2)Nc2c(c(-c3ccccc3)nn2-c2ccccc2)C12C(=O)Nc1ccc(Br)cc12. The first-order valence-electron chi connectivity index (χ1n) is 11.9. The maximum absolute atomic E-state index is 14.3. The summed E-state index contributed by atoms with van der Waals surface area (Å²) in [5.41, 5.74) is 3.91. The highest BCUT2D eigenvalue weighted by Gasteiger charge is 2.58. The number of para-hydroxylation sites is 1. The number of rotatable bonds is 3. The van der Waals surface area contributed by atoms with Crippen LogP contribution in [0.25, 0.3) is 22.6 Å². The van der Waals surface area contributed by atoms with Crippen molar-refractivity contribution >= 4 is 50.4 Å². The molecule has 0 radical (unpaired) electrons. The molecule has 2 aliphatic heterocycles. The fourth-order valence-corrected chi connectivity index (χ4v) is 6.55. The van der Waals surface area contributed by atoms with Crippen LogP contribution in [0.4, 0.5) is 11.5 Å². The third-order valence-electron chi connectivity index (χ3n) is 7.03. The largest absolute Gasteiger partial charge is 0.338 e. The molecule has 8 heteroatoms. The molecule has 0 bridgehead atoms. The van der Waals surface area contributed by atoms with Crippen molar-refractivity contribution in [1.29, 1.82) is 5.26 Å². The average molecular weight is 576 g/mol. The van der Waals surface area contributed by atoms with E-state index in [1.165, 1.54) is 11.3 Å². The summed E-state index contributed by atoms with van der Waals surface area (Å²) >= 11 is 5.12. The van der Waals surface area contributed by atoms with Gasteiger partial charge < -0.3 is 10.6 Å².